The SMILES string of the molecule is COc1ccc(Cn2c(=O)n3ncnc3c3c4c(sc32)CN(CC2COCCO2)CC4)cc1. The summed E-state index contributed by atoms with van der Waals surface area (Å²) in [6, 6.07) is 7.81. The Balaban J connectivity index is 1.39. The van der Waals surface area contributed by atoms with Crippen LogP contribution in [0.15, 0.2) is 35.4 Å². The minimum Gasteiger partial charge on any atom is -0.497 e. The summed E-state index contributed by atoms with van der Waals surface area (Å²) in [4.78, 5) is 22.4. The van der Waals surface area contributed by atoms with E-state index in [9.17, 15) is 4.79 Å². The first kappa shape index (κ1) is 20.8. The molecule has 1 atom stereocenters. The zero-order valence-electron chi connectivity index (χ0n) is 18.4. The van der Waals surface area contributed by atoms with Crippen molar-refractivity contribution in [1.29, 1.82) is 0 Å². The lowest BCUT2D eigenvalue weighted by Gasteiger charge is -2.32. The summed E-state index contributed by atoms with van der Waals surface area (Å²) in [7, 11) is 1.65. The third kappa shape index (κ3) is 3.72. The molecule has 33 heavy (non-hydrogen) atoms. The number of thiophene rings is 1. The number of hydrogen-bond donors (Lipinski definition) is 0. The summed E-state index contributed by atoms with van der Waals surface area (Å²) in [5.41, 5.74) is 2.79. The smallest absolute Gasteiger partial charge is 0.352 e. The highest BCUT2D eigenvalue weighted by atomic mass is 32.1. The summed E-state index contributed by atoms with van der Waals surface area (Å²) >= 11 is 1.69. The fourth-order valence-corrected chi connectivity index (χ4v) is 6.13. The van der Waals surface area contributed by atoms with Crippen LogP contribution in [-0.2, 0) is 29.0 Å². The average molecular weight is 468 g/mol. The van der Waals surface area contributed by atoms with Gasteiger partial charge in [-0.15, -0.1) is 11.3 Å². The summed E-state index contributed by atoms with van der Waals surface area (Å²) in [6.45, 7) is 5.09. The standard InChI is InChI=1S/C23H25N5O4S/c1-30-16-4-2-15(3-5-16)10-27-22-20(21-24-14-25-28(21)23(27)29)18-6-7-26(12-19(18)33-22)11-17-13-31-8-9-32-17/h2-5,14,17H,6-13H2,1H3. The van der Waals surface area contributed by atoms with Gasteiger partial charge in [0.25, 0.3) is 0 Å². The molecule has 0 N–H and O–H groups in total. The van der Waals surface area contributed by atoms with E-state index in [0.29, 0.717) is 32.0 Å². The molecule has 1 saturated heterocycles. The molecule has 0 radical (unpaired) electrons. The van der Waals surface area contributed by atoms with Gasteiger partial charge in [-0.3, -0.25) is 9.47 Å². The maximum absolute atomic E-state index is 13.3. The van der Waals surface area contributed by atoms with Gasteiger partial charge in [-0.1, -0.05) is 12.1 Å². The molecule has 0 saturated carbocycles. The molecule has 0 aliphatic carbocycles. The van der Waals surface area contributed by atoms with Gasteiger partial charge in [0.2, 0.25) is 0 Å². The van der Waals surface area contributed by atoms with Crippen LogP contribution in [0, 0.1) is 0 Å². The molecule has 2 aliphatic heterocycles. The fraction of sp³-hybridized carbons (Fsp3) is 0.435. The molecule has 2 aliphatic rings. The Hall–Kier alpha value is -2.79. The van der Waals surface area contributed by atoms with Crippen molar-refractivity contribution in [2.75, 3.05) is 40.0 Å². The Morgan fingerprint density at radius 1 is 1.24 bits per heavy atom. The number of nitrogens with zero attached hydrogens (tertiary/aromatic N) is 5. The van der Waals surface area contributed by atoms with E-state index in [4.69, 9.17) is 14.2 Å². The average Bonchev–Trinajstić information content (AvgIpc) is 3.47. The summed E-state index contributed by atoms with van der Waals surface area (Å²) in [5, 5.41) is 5.29. The highest BCUT2D eigenvalue weighted by Crippen LogP contribution is 2.36. The molecule has 4 aromatic rings. The van der Waals surface area contributed by atoms with Crippen molar-refractivity contribution in [3.63, 3.8) is 0 Å². The van der Waals surface area contributed by atoms with Gasteiger partial charge >= 0.3 is 5.69 Å². The van der Waals surface area contributed by atoms with Crippen LogP contribution in [0.2, 0.25) is 0 Å². The Labute approximate surface area is 194 Å². The topological polar surface area (TPSA) is 83.1 Å². The number of methoxy groups -OCH3 is 1. The fourth-order valence-electron chi connectivity index (χ4n) is 4.75. The first-order valence-electron chi connectivity index (χ1n) is 11.1. The first-order chi connectivity index (χ1) is 16.2. The molecule has 9 nitrogen and oxygen atoms in total. The van der Waals surface area contributed by atoms with Crippen LogP contribution in [0.3, 0.4) is 0 Å². The van der Waals surface area contributed by atoms with Crippen LogP contribution >= 0.6 is 11.3 Å². The number of benzene rings is 1. The molecule has 0 spiro atoms. The van der Waals surface area contributed by atoms with Crippen LogP contribution in [0.5, 0.6) is 5.75 Å². The Kier molecular flexibility index (Phi) is 5.37. The van der Waals surface area contributed by atoms with Gasteiger partial charge in [0.1, 0.15) is 16.9 Å². The molecule has 1 aromatic carbocycles. The Morgan fingerprint density at radius 2 is 2.12 bits per heavy atom. The molecule has 3 aromatic heterocycles. The van der Waals surface area contributed by atoms with Gasteiger partial charge < -0.3 is 14.2 Å². The maximum atomic E-state index is 13.3. The maximum Gasteiger partial charge on any atom is 0.352 e. The quantitative estimate of drug-likeness (QED) is 0.444. The number of rotatable bonds is 5. The van der Waals surface area contributed by atoms with Crippen LogP contribution in [-0.4, -0.2) is 70.2 Å². The molecule has 172 valence electrons. The van der Waals surface area contributed by atoms with E-state index in [1.54, 1.807) is 18.4 Å². The Morgan fingerprint density at radius 3 is 2.91 bits per heavy atom. The van der Waals surface area contributed by atoms with Crippen molar-refractivity contribution in [3.8, 4) is 5.75 Å². The van der Waals surface area contributed by atoms with E-state index in [1.807, 2.05) is 28.8 Å². The van der Waals surface area contributed by atoms with Gasteiger partial charge in [0, 0.05) is 24.5 Å². The van der Waals surface area contributed by atoms with Crippen molar-refractivity contribution < 1.29 is 14.2 Å². The van der Waals surface area contributed by atoms with E-state index < -0.39 is 0 Å². The van der Waals surface area contributed by atoms with Crippen molar-refractivity contribution in [1.82, 2.24) is 24.1 Å². The number of hydrogen-bond acceptors (Lipinski definition) is 8. The zero-order chi connectivity index (χ0) is 22.4. The van der Waals surface area contributed by atoms with E-state index >= 15 is 0 Å². The van der Waals surface area contributed by atoms with Crippen molar-refractivity contribution in [2.24, 2.45) is 0 Å². The second-order valence-corrected chi connectivity index (χ2v) is 9.53. The second-order valence-electron chi connectivity index (χ2n) is 8.45. The molecular weight excluding hydrogens is 442 g/mol. The molecule has 1 unspecified atom stereocenters. The lowest BCUT2D eigenvalue weighted by atomic mass is 10.0. The molecule has 1 fully saturated rings. The van der Waals surface area contributed by atoms with Gasteiger partial charge in [-0.25, -0.2) is 9.78 Å². The highest BCUT2D eigenvalue weighted by molar-refractivity contribution is 7.19. The zero-order valence-corrected chi connectivity index (χ0v) is 19.2. The Bertz CT molecular complexity index is 1350. The van der Waals surface area contributed by atoms with Gasteiger partial charge in [0.15, 0.2) is 5.65 Å². The lowest BCUT2D eigenvalue weighted by Crippen LogP contribution is -2.41. The van der Waals surface area contributed by atoms with E-state index in [-0.39, 0.29) is 11.8 Å². The third-order valence-electron chi connectivity index (χ3n) is 6.39. The number of fused-ring (bicyclic) bond motifs is 5. The monoisotopic (exact) mass is 467 g/mol. The second kappa shape index (κ2) is 8.53. The lowest BCUT2D eigenvalue weighted by molar-refractivity contribution is -0.0984. The summed E-state index contributed by atoms with van der Waals surface area (Å²) < 4.78 is 19.9. The summed E-state index contributed by atoms with van der Waals surface area (Å²) in [5.74, 6) is 0.794. The van der Waals surface area contributed by atoms with E-state index in [1.165, 1.54) is 21.3 Å². The molecular formula is C23H25N5O4S. The molecule has 0 bridgehead atoms. The number of aromatic nitrogens is 4. The molecule has 0 amide bonds. The minimum absolute atomic E-state index is 0.117. The molecule has 6 rings (SSSR count). The molecule has 5 heterocycles. The van der Waals surface area contributed by atoms with Crippen LogP contribution in [0.4, 0.5) is 0 Å². The van der Waals surface area contributed by atoms with Crippen molar-refractivity contribution in [2.45, 2.75) is 25.6 Å². The first-order valence-corrected chi connectivity index (χ1v) is 11.9. The van der Waals surface area contributed by atoms with E-state index in [0.717, 1.165) is 47.6 Å². The summed E-state index contributed by atoms with van der Waals surface area (Å²) in [6.07, 6.45) is 2.49. The largest absolute Gasteiger partial charge is 0.497 e. The minimum atomic E-state index is -0.172. The molecule has 10 heteroatoms. The highest BCUT2D eigenvalue weighted by Gasteiger charge is 2.28. The predicted octanol–water partition coefficient (Wildman–Crippen LogP) is 1.94. The van der Waals surface area contributed by atoms with E-state index in [2.05, 4.69) is 15.0 Å². The van der Waals surface area contributed by atoms with Crippen LogP contribution < -0.4 is 10.4 Å². The predicted molar refractivity (Wildman–Crippen MR) is 124 cm³/mol. The normalized spacial score (nSPS) is 19.2. The van der Waals surface area contributed by atoms with Crippen molar-refractivity contribution in [3.05, 3.63) is 57.1 Å². The van der Waals surface area contributed by atoms with Crippen LogP contribution in [0.25, 0.3) is 15.9 Å². The van der Waals surface area contributed by atoms with Gasteiger partial charge in [0.05, 0.1) is 45.0 Å². The van der Waals surface area contributed by atoms with Gasteiger partial charge in [-0.2, -0.15) is 9.61 Å². The van der Waals surface area contributed by atoms with Crippen molar-refractivity contribution >= 4 is 27.2 Å². The van der Waals surface area contributed by atoms with Crippen LogP contribution in [0.1, 0.15) is 16.0 Å². The third-order valence-corrected chi connectivity index (χ3v) is 7.63. The van der Waals surface area contributed by atoms with Gasteiger partial charge in [-0.05, 0) is 29.7 Å². The number of ether oxygens (including phenoxy) is 3.